The maximum atomic E-state index is 11.0. The van der Waals surface area contributed by atoms with Gasteiger partial charge in [-0.15, -0.1) is 0 Å². The first-order valence-corrected chi connectivity index (χ1v) is 6.31. The summed E-state index contributed by atoms with van der Waals surface area (Å²) in [4.78, 5) is 13.1. The fourth-order valence-electron chi connectivity index (χ4n) is 1.56. The predicted molar refractivity (Wildman–Crippen MR) is 59.8 cm³/mol. The predicted octanol–water partition coefficient (Wildman–Crippen LogP) is 1.53. The molecule has 0 radical (unpaired) electrons. The number of hydrogen-bond acceptors (Lipinski definition) is 3. The molecule has 0 bridgehead atoms. The molecule has 0 aromatic carbocycles. The van der Waals surface area contributed by atoms with E-state index in [1.165, 1.54) is 0 Å². The second kappa shape index (κ2) is 5.61. The van der Waals surface area contributed by atoms with Crippen molar-refractivity contribution in [1.82, 2.24) is 4.90 Å². The Morgan fingerprint density at radius 2 is 2.36 bits per heavy atom. The zero-order valence-electron chi connectivity index (χ0n) is 8.90. The molecule has 0 amide bonds. The van der Waals surface area contributed by atoms with Gasteiger partial charge in [0.25, 0.3) is 0 Å². The highest BCUT2D eigenvalue weighted by Gasteiger charge is 2.28. The van der Waals surface area contributed by atoms with Crippen molar-refractivity contribution in [1.29, 1.82) is 0 Å². The van der Waals surface area contributed by atoms with Crippen LogP contribution in [0.2, 0.25) is 0 Å². The van der Waals surface area contributed by atoms with Crippen LogP contribution in [0.5, 0.6) is 0 Å². The van der Waals surface area contributed by atoms with Crippen molar-refractivity contribution in [3.63, 3.8) is 0 Å². The van der Waals surface area contributed by atoms with Gasteiger partial charge in [0.2, 0.25) is 0 Å². The monoisotopic (exact) mass is 217 g/mol. The SMILES string of the molecule is CC(C)CCN1CCSCC1C(=O)O. The van der Waals surface area contributed by atoms with E-state index in [0.717, 1.165) is 31.0 Å². The van der Waals surface area contributed by atoms with E-state index in [2.05, 4.69) is 18.7 Å². The Labute approximate surface area is 89.9 Å². The molecule has 4 heteroatoms. The molecule has 1 unspecified atom stereocenters. The third-order valence-corrected chi connectivity index (χ3v) is 3.54. The van der Waals surface area contributed by atoms with Crippen molar-refractivity contribution in [3.05, 3.63) is 0 Å². The highest BCUT2D eigenvalue weighted by molar-refractivity contribution is 7.99. The van der Waals surface area contributed by atoms with Gasteiger partial charge in [-0.25, -0.2) is 0 Å². The zero-order chi connectivity index (χ0) is 10.6. The molecule has 1 saturated heterocycles. The summed E-state index contributed by atoms with van der Waals surface area (Å²) in [6.07, 6.45) is 1.09. The van der Waals surface area contributed by atoms with E-state index in [4.69, 9.17) is 5.11 Å². The molecule has 1 atom stereocenters. The highest BCUT2D eigenvalue weighted by Crippen LogP contribution is 2.17. The van der Waals surface area contributed by atoms with Gasteiger partial charge >= 0.3 is 5.97 Å². The van der Waals surface area contributed by atoms with Gasteiger partial charge < -0.3 is 5.11 Å². The molecule has 1 aliphatic heterocycles. The number of thioether (sulfide) groups is 1. The summed E-state index contributed by atoms with van der Waals surface area (Å²) in [5, 5.41) is 9.02. The quantitative estimate of drug-likeness (QED) is 0.775. The maximum Gasteiger partial charge on any atom is 0.321 e. The van der Waals surface area contributed by atoms with Crippen molar-refractivity contribution in [2.75, 3.05) is 24.6 Å². The molecular weight excluding hydrogens is 198 g/mol. The summed E-state index contributed by atoms with van der Waals surface area (Å²) >= 11 is 1.75. The van der Waals surface area contributed by atoms with E-state index in [1.54, 1.807) is 11.8 Å². The van der Waals surface area contributed by atoms with Gasteiger partial charge in [0.05, 0.1) is 0 Å². The Balaban J connectivity index is 2.42. The molecule has 0 aromatic rings. The smallest absolute Gasteiger partial charge is 0.321 e. The fraction of sp³-hybridized carbons (Fsp3) is 0.900. The van der Waals surface area contributed by atoms with Crippen LogP contribution in [0.15, 0.2) is 0 Å². The van der Waals surface area contributed by atoms with Crippen LogP contribution < -0.4 is 0 Å². The minimum Gasteiger partial charge on any atom is -0.480 e. The summed E-state index contributed by atoms with van der Waals surface area (Å²) in [7, 11) is 0. The van der Waals surface area contributed by atoms with E-state index >= 15 is 0 Å². The Morgan fingerprint density at radius 1 is 1.64 bits per heavy atom. The van der Waals surface area contributed by atoms with E-state index in [9.17, 15) is 4.79 Å². The number of carboxylic acid groups (broad SMARTS) is 1. The number of aliphatic carboxylic acids is 1. The number of rotatable bonds is 4. The molecule has 0 aliphatic carbocycles. The van der Waals surface area contributed by atoms with E-state index < -0.39 is 5.97 Å². The van der Waals surface area contributed by atoms with Crippen molar-refractivity contribution in [2.45, 2.75) is 26.3 Å². The number of hydrogen-bond donors (Lipinski definition) is 1. The second-order valence-corrected chi connectivity index (χ2v) is 5.30. The molecule has 0 aromatic heterocycles. The van der Waals surface area contributed by atoms with Gasteiger partial charge in [0, 0.05) is 18.1 Å². The molecule has 1 heterocycles. The lowest BCUT2D eigenvalue weighted by Crippen LogP contribution is -2.47. The molecule has 1 fully saturated rings. The Kier molecular flexibility index (Phi) is 4.75. The van der Waals surface area contributed by atoms with Crippen molar-refractivity contribution < 1.29 is 9.90 Å². The van der Waals surface area contributed by atoms with Crippen LogP contribution in [0, 0.1) is 5.92 Å². The molecule has 82 valence electrons. The molecule has 0 spiro atoms. The van der Waals surface area contributed by atoms with Crippen LogP contribution in [0.4, 0.5) is 0 Å². The average molecular weight is 217 g/mol. The molecule has 0 saturated carbocycles. The minimum absolute atomic E-state index is 0.257. The van der Waals surface area contributed by atoms with Crippen LogP contribution in [-0.2, 0) is 4.79 Å². The largest absolute Gasteiger partial charge is 0.480 e. The Bertz CT molecular complexity index is 197. The fourth-order valence-corrected chi connectivity index (χ4v) is 2.66. The Hall–Kier alpha value is -0.220. The van der Waals surface area contributed by atoms with E-state index in [0.29, 0.717) is 5.92 Å². The average Bonchev–Trinajstić information content (AvgIpc) is 2.15. The lowest BCUT2D eigenvalue weighted by atomic mass is 10.1. The highest BCUT2D eigenvalue weighted by atomic mass is 32.2. The molecule has 3 nitrogen and oxygen atoms in total. The standard InChI is InChI=1S/C10H19NO2S/c1-8(2)3-4-11-5-6-14-7-9(11)10(12)13/h8-9H,3-7H2,1-2H3,(H,12,13). The van der Waals surface area contributed by atoms with Gasteiger partial charge in [0.1, 0.15) is 6.04 Å². The van der Waals surface area contributed by atoms with Crippen LogP contribution in [0.25, 0.3) is 0 Å². The molecule has 14 heavy (non-hydrogen) atoms. The van der Waals surface area contributed by atoms with Crippen LogP contribution in [0.1, 0.15) is 20.3 Å². The lowest BCUT2D eigenvalue weighted by Gasteiger charge is -2.32. The summed E-state index contributed by atoms with van der Waals surface area (Å²) in [5.74, 6) is 1.80. The minimum atomic E-state index is -0.666. The lowest BCUT2D eigenvalue weighted by molar-refractivity contribution is -0.142. The molecular formula is C10H19NO2S. The van der Waals surface area contributed by atoms with Crippen molar-refractivity contribution in [2.24, 2.45) is 5.92 Å². The molecule has 1 N–H and O–H groups in total. The van der Waals surface area contributed by atoms with Gasteiger partial charge in [-0.05, 0) is 18.9 Å². The Morgan fingerprint density at radius 3 is 2.93 bits per heavy atom. The maximum absolute atomic E-state index is 11.0. The van der Waals surface area contributed by atoms with E-state index in [-0.39, 0.29) is 6.04 Å². The summed E-state index contributed by atoms with van der Waals surface area (Å²) in [6.45, 7) is 6.20. The summed E-state index contributed by atoms with van der Waals surface area (Å²) in [5.41, 5.74) is 0. The normalized spacial score (nSPS) is 24.1. The summed E-state index contributed by atoms with van der Waals surface area (Å²) in [6, 6.07) is -0.257. The summed E-state index contributed by atoms with van der Waals surface area (Å²) < 4.78 is 0. The third kappa shape index (κ3) is 3.50. The first-order valence-electron chi connectivity index (χ1n) is 5.16. The number of nitrogens with zero attached hydrogens (tertiary/aromatic N) is 1. The van der Waals surface area contributed by atoms with Gasteiger partial charge in [0.15, 0.2) is 0 Å². The second-order valence-electron chi connectivity index (χ2n) is 4.15. The van der Waals surface area contributed by atoms with Crippen LogP contribution in [-0.4, -0.2) is 46.6 Å². The van der Waals surface area contributed by atoms with Crippen LogP contribution >= 0.6 is 11.8 Å². The van der Waals surface area contributed by atoms with Gasteiger partial charge in [-0.3, -0.25) is 9.69 Å². The van der Waals surface area contributed by atoms with Crippen molar-refractivity contribution >= 4 is 17.7 Å². The topological polar surface area (TPSA) is 40.5 Å². The third-order valence-electron chi connectivity index (χ3n) is 2.52. The zero-order valence-corrected chi connectivity index (χ0v) is 9.72. The molecule has 1 rings (SSSR count). The van der Waals surface area contributed by atoms with Gasteiger partial charge in [-0.2, -0.15) is 11.8 Å². The molecule has 1 aliphatic rings. The number of carbonyl (C=O) groups is 1. The van der Waals surface area contributed by atoms with Crippen LogP contribution in [0.3, 0.4) is 0 Å². The number of carboxylic acids is 1. The van der Waals surface area contributed by atoms with E-state index in [1.807, 2.05) is 0 Å². The van der Waals surface area contributed by atoms with Gasteiger partial charge in [-0.1, -0.05) is 13.8 Å². The first kappa shape index (κ1) is 11.9. The van der Waals surface area contributed by atoms with Crippen molar-refractivity contribution in [3.8, 4) is 0 Å². The first-order chi connectivity index (χ1) is 6.61.